The predicted molar refractivity (Wildman–Crippen MR) is 80.0 cm³/mol. The van der Waals surface area contributed by atoms with Crippen molar-refractivity contribution < 1.29 is 4.79 Å². The third-order valence-corrected chi connectivity index (χ3v) is 5.95. The van der Waals surface area contributed by atoms with Gasteiger partial charge in [-0.25, -0.2) is 4.98 Å². The normalized spacial score (nSPS) is 20.2. The third kappa shape index (κ3) is 1.76. The Hall–Kier alpha value is -1.49. The summed E-state index contributed by atoms with van der Waals surface area (Å²) in [6.45, 7) is 8.48. The zero-order chi connectivity index (χ0) is 14.7. The molecule has 2 aromatic rings. The van der Waals surface area contributed by atoms with Crippen LogP contribution in [0.25, 0.3) is 10.2 Å². The van der Waals surface area contributed by atoms with Gasteiger partial charge in [0.15, 0.2) is 0 Å². The fourth-order valence-electron chi connectivity index (χ4n) is 3.27. The Morgan fingerprint density at radius 2 is 2.00 bits per heavy atom. The fourth-order valence-corrected chi connectivity index (χ4v) is 4.00. The first kappa shape index (κ1) is 13.5. The highest BCUT2D eigenvalue weighted by Gasteiger charge is 2.67. The maximum atomic E-state index is 12.4. The number of hydrogen-bond acceptors (Lipinski definition) is 4. The molecule has 5 heteroatoms. The minimum Gasteiger partial charge on any atom is -0.309 e. The van der Waals surface area contributed by atoms with Crippen LogP contribution in [0, 0.1) is 16.7 Å². The second-order valence-electron chi connectivity index (χ2n) is 6.67. The zero-order valence-corrected chi connectivity index (χ0v) is 12.9. The largest absolute Gasteiger partial charge is 0.309 e. The maximum absolute atomic E-state index is 12.4. The summed E-state index contributed by atoms with van der Waals surface area (Å²) in [5.41, 5.74) is 0.575. The van der Waals surface area contributed by atoms with Gasteiger partial charge in [0.1, 0.15) is 16.3 Å². The Kier molecular flexibility index (Phi) is 2.70. The fraction of sp³-hybridized carbons (Fsp3) is 0.533. The minimum atomic E-state index is -0.151. The van der Waals surface area contributed by atoms with Crippen LogP contribution in [0.1, 0.15) is 33.5 Å². The molecule has 0 aromatic carbocycles. The van der Waals surface area contributed by atoms with Crippen LogP contribution in [0.3, 0.4) is 0 Å². The van der Waals surface area contributed by atoms with E-state index in [9.17, 15) is 9.59 Å². The molecule has 0 spiro atoms. The van der Waals surface area contributed by atoms with Gasteiger partial charge in [-0.1, -0.05) is 27.7 Å². The Bertz CT molecular complexity index is 741. The molecule has 1 aliphatic rings. The molecule has 2 aromatic heterocycles. The number of nitrogens with one attached hydrogen (secondary N) is 1. The molecule has 1 N–H and O–H groups in total. The predicted octanol–water partition coefficient (Wildman–Crippen LogP) is 2.78. The van der Waals surface area contributed by atoms with Crippen LogP contribution in [0.2, 0.25) is 0 Å². The van der Waals surface area contributed by atoms with Gasteiger partial charge >= 0.3 is 0 Å². The molecule has 106 valence electrons. The summed E-state index contributed by atoms with van der Waals surface area (Å²) in [4.78, 5) is 31.4. The van der Waals surface area contributed by atoms with Crippen molar-refractivity contribution in [1.29, 1.82) is 0 Å². The minimum absolute atomic E-state index is 0.0247. The number of ketones is 1. The standard InChI is InChI=1S/C15H18N2O2S/c1-14(2)12(15(14,3)4)9(18)7-10-16-8-5-6-20-11(8)13(19)17-10/h5-6,12H,7H2,1-4H3,(H,16,17,19). The first-order valence-corrected chi connectivity index (χ1v) is 7.62. The zero-order valence-electron chi connectivity index (χ0n) is 12.1. The molecular formula is C15H18N2O2S. The highest BCUT2D eigenvalue weighted by atomic mass is 32.1. The maximum Gasteiger partial charge on any atom is 0.268 e. The average molecular weight is 290 g/mol. The highest BCUT2D eigenvalue weighted by molar-refractivity contribution is 7.17. The van der Waals surface area contributed by atoms with Crippen molar-refractivity contribution in [1.82, 2.24) is 9.97 Å². The first-order valence-electron chi connectivity index (χ1n) is 6.74. The van der Waals surface area contributed by atoms with Crippen LogP contribution < -0.4 is 5.56 Å². The van der Waals surface area contributed by atoms with Crippen LogP contribution >= 0.6 is 11.3 Å². The smallest absolute Gasteiger partial charge is 0.268 e. The van der Waals surface area contributed by atoms with Gasteiger partial charge in [0.05, 0.1) is 11.9 Å². The molecule has 1 fully saturated rings. The number of hydrogen-bond donors (Lipinski definition) is 1. The molecule has 1 saturated carbocycles. The van der Waals surface area contributed by atoms with E-state index in [2.05, 4.69) is 37.7 Å². The second kappa shape index (κ2) is 4.01. The van der Waals surface area contributed by atoms with Crippen molar-refractivity contribution in [2.75, 3.05) is 0 Å². The number of H-pyrrole nitrogens is 1. The lowest BCUT2D eigenvalue weighted by molar-refractivity contribution is -0.120. The summed E-state index contributed by atoms with van der Waals surface area (Å²) >= 11 is 1.37. The molecule has 0 radical (unpaired) electrons. The topological polar surface area (TPSA) is 62.8 Å². The molecule has 0 bridgehead atoms. The summed E-state index contributed by atoms with van der Waals surface area (Å²) < 4.78 is 0.619. The number of fused-ring (bicyclic) bond motifs is 1. The number of rotatable bonds is 3. The van der Waals surface area contributed by atoms with Gasteiger partial charge in [-0.15, -0.1) is 11.3 Å². The second-order valence-corrected chi connectivity index (χ2v) is 7.58. The first-order chi connectivity index (χ1) is 9.25. The van der Waals surface area contributed by atoms with Gasteiger partial charge in [0, 0.05) is 5.92 Å². The highest BCUT2D eigenvalue weighted by Crippen LogP contribution is 2.68. The lowest BCUT2D eigenvalue weighted by atomic mass is 10.0. The molecule has 0 saturated heterocycles. The van der Waals surface area contributed by atoms with E-state index < -0.39 is 0 Å². The summed E-state index contributed by atoms with van der Waals surface area (Å²) in [6, 6.07) is 1.81. The number of Topliss-reactive ketones (excluding diaryl/α,β-unsaturated/α-hetero) is 1. The van der Waals surface area contributed by atoms with E-state index in [0.717, 1.165) is 0 Å². The van der Waals surface area contributed by atoms with E-state index in [4.69, 9.17) is 0 Å². The van der Waals surface area contributed by atoms with Crippen molar-refractivity contribution in [3.8, 4) is 0 Å². The van der Waals surface area contributed by atoms with Crippen LogP contribution in [0.5, 0.6) is 0 Å². The monoisotopic (exact) mass is 290 g/mol. The number of aromatic amines is 1. The van der Waals surface area contributed by atoms with Crippen molar-refractivity contribution in [2.45, 2.75) is 34.1 Å². The molecule has 0 aliphatic heterocycles. The Morgan fingerprint density at radius 1 is 1.35 bits per heavy atom. The average Bonchev–Trinajstić information content (AvgIpc) is 2.66. The lowest BCUT2D eigenvalue weighted by Gasteiger charge is -2.03. The Labute approximate surface area is 121 Å². The van der Waals surface area contributed by atoms with E-state index >= 15 is 0 Å². The van der Waals surface area contributed by atoms with Crippen molar-refractivity contribution in [3.63, 3.8) is 0 Å². The van der Waals surface area contributed by atoms with Gasteiger partial charge < -0.3 is 4.98 Å². The summed E-state index contributed by atoms with van der Waals surface area (Å²) in [5.74, 6) is 0.681. The van der Waals surface area contributed by atoms with E-state index in [0.29, 0.717) is 16.0 Å². The molecule has 2 heterocycles. The Morgan fingerprint density at radius 3 is 2.60 bits per heavy atom. The van der Waals surface area contributed by atoms with Crippen LogP contribution in [-0.4, -0.2) is 15.8 Å². The molecule has 0 unspecified atom stereocenters. The van der Waals surface area contributed by atoms with E-state index in [1.54, 1.807) is 0 Å². The summed E-state index contributed by atoms with van der Waals surface area (Å²) in [5, 5.41) is 1.84. The van der Waals surface area contributed by atoms with Gasteiger partial charge in [0.2, 0.25) is 0 Å². The molecule has 3 rings (SSSR count). The molecular weight excluding hydrogens is 272 g/mol. The molecule has 0 amide bonds. The molecule has 20 heavy (non-hydrogen) atoms. The molecule has 1 aliphatic carbocycles. The van der Waals surface area contributed by atoms with E-state index in [-0.39, 0.29) is 34.5 Å². The summed E-state index contributed by atoms with van der Waals surface area (Å²) in [7, 11) is 0. The number of aromatic nitrogens is 2. The van der Waals surface area contributed by atoms with Crippen molar-refractivity contribution >= 4 is 27.3 Å². The quantitative estimate of drug-likeness (QED) is 0.945. The molecule has 4 nitrogen and oxygen atoms in total. The van der Waals surface area contributed by atoms with Gasteiger partial charge in [0.25, 0.3) is 5.56 Å². The van der Waals surface area contributed by atoms with Gasteiger partial charge in [-0.2, -0.15) is 0 Å². The van der Waals surface area contributed by atoms with Crippen LogP contribution in [0.15, 0.2) is 16.2 Å². The van der Waals surface area contributed by atoms with Gasteiger partial charge in [-0.3, -0.25) is 9.59 Å². The van der Waals surface area contributed by atoms with Crippen LogP contribution in [0.4, 0.5) is 0 Å². The lowest BCUT2D eigenvalue weighted by Crippen LogP contribution is -2.17. The summed E-state index contributed by atoms with van der Waals surface area (Å²) in [6.07, 6.45) is 0.207. The van der Waals surface area contributed by atoms with Gasteiger partial charge in [-0.05, 0) is 22.3 Å². The van der Waals surface area contributed by atoms with Crippen molar-refractivity contribution in [2.24, 2.45) is 16.7 Å². The van der Waals surface area contributed by atoms with E-state index in [1.807, 2.05) is 11.4 Å². The Balaban J connectivity index is 1.87. The van der Waals surface area contributed by atoms with E-state index in [1.165, 1.54) is 11.3 Å². The number of carbonyl (C=O) groups is 1. The number of thiophene rings is 1. The SMILES string of the molecule is CC1(C)C(C(=O)Cc2nc3ccsc3c(=O)[nH]2)C1(C)C. The number of nitrogens with zero attached hydrogens (tertiary/aromatic N) is 1. The third-order valence-electron chi connectivity index (χ3n) is 5.05. The number of carbonyl (C=O) groups excluding carboxylic acids is 1. The molecule has 0 atom stereocenters. The van der Waals surface area contributed by atoms with Crippen molar-refractivity contribution in [3.05, 3.63) is 27.6 Å². The van der Waals surface area contributed by atoms with Crippen LogP contribution in [-0.2, 0) is 11.2 Å².